The van der Waals surface area contributed by atoms with Crippen LogP contribution in [0.5, 0.6) is 0 Å². The van der Waals surface area contributed by atoms with Crippen LogP contribution in [0.25, 0.3) is 22.5 Å². The lowest BCUT2D eigenvalue weighted by Gasteiger charge is -2.32. The number of halogens is 1. The molecule has 1 saturated carbocycles. The molecule has 1 atom stereocenters. The first-order valence-electron chi connectivity index (χ1n) is 15.6. The first kappa shape index (κ1) is 33.1. The summed E-state index contributed by atoms with van der Waals surface area (Å²) in [6.45, 7) is 3.59. The highest BCUT2D eigenvalue weighted by Gasteiger charge is 2.35. The van der Waals surface area contributed by atoms with Gasteiger partial charge in [-0.1, -0.05) is 24.3 Å². The molecule has 1 saturated heterocycles. The van der Waals surface area contributed by atoms with Crippen LogP contribution in [0.2, 0.25) is 0 Å². The van der Waals surface area contributed by atoms with Crippen LogP contribution in [0.3, 0.4) is 0 Å². The molecule has 2 fully saturated rings. The number of pyridine rings is 1. The molecule has 0 spiro atoms. The first-order chi connectivity index (χ1) is 22.0. The number of carbonyl (C=O) groups is 2. The van der Waals surface area contributed by atoms with Crippen molar-refractivity contribution < 1.29 is 14.3 Å². The average Bonchev–Trinajstić information content (AvgIpc) is 3.65. The van der Waals surface area contributed by atoms with Crippen LogP contribution in [0.4, 0.5) is 11.5 Å². The molecule has 6 rings (SSSR count). The summed E-state index contributed by atoms with van der Waals surface area (Å²) in [7, 11) is 0. The summed E-state index contributed by atoms with van der Waals surface area (Å²) in [5, 5.41) is 14.1. The Morgan fingerprint density at radius 2 is 1.72 bits per heavy atom. The summed E-state index contributed by atoms with van der Waals surface area (Å²) in [4.78, 5) is 36.1. The molecule has 0 bridgehead atoms. The Morgan fingerprint density at radius 1 is 0.978 bits per heavy atom. The largest absolute Gasteiger partial charge is 0.378 e. The molecule has 0 radical (unpaired) electrons. The number of aromatic nitrogens is 5. The lowest BCUT2D eigenvalue weighted by molar-refractivity contribution is -0.130. The number of benzene rings is 2. The molecule has 242 valence electrons. The number of anilines is 2. The number of nitrogens with two attached hydrogens (primary N) is 2. The minimum absolute atomic E-state index is 0. The molecule has 46 heavy (non-hydrogen) atoms. The lowest BCUT2D eigenvalue weighted by Crippen LogP contribution is -2.50. The van der Waals surface area contributed by atoms with Crippen LogP contribution in [0.15, 0.2) is 66.9 Å². The van der Waals surface area contributed by atoms with Crippen LogP contribution in [0, 0.1) is 11.8 Å². The van der Waals surface area contributed by atoms with Gasteiger partial charge in [0.25, 0.3) is 5.91 Å². The van der Waals surface area contributed by atoms with Crippen molar-refractivity contribution in [1.29, 1.82) is 0 Å². The SMILES string of the molecule is Cl.NC[C@H]1CC[C@H](C(=O)N(C(=O)[C@@H](N)Cc2cccc(-c3ccnc(N4CCOCC4)c3)c2)c2ccc(-c3nn[nH]n3)cc2)CC1. The molecule has 12 nitrogen and oxygen atoms in total. The molecule has 0 unspecified atom stereocenters. The van der Waals surface area contributed by atoms with Gasteiger partial charge < -0.3 is 21.1 Å². The van der Waals surface area contributed by atoms with Gasteiger partial charge in [0.05, 0.1) is 24.9 Å². The molecule has 2 aliphatic rings. The molecule has 13 heteroatoms. The normalized spacial score (nSPS) is 18.8. The van der Waals surface area contributed by atoms with E-state index in [-0.39, 0.29) is 30.7 Å². The van der Waals surface area contributed by atoms with Gasteiger partial charge in [0.15, 0.2) is 0 Å². The van der Waals surface area contributed by atoms with Gasteiger partial charge in [-0.3, -0.25) is 9.59 Å². The summed E-state index contributed by atoms with van der Waals surface area (Å²) < 4.78 is 5.49. The zero-order valence-electron chi connectivity index (χ0n) is 25.6. The molecule has 2 aromatic carbocycles. The highest BCUT2D eigenvalue weighted by Crippen LogP contribution is 2.32. The Bertz CT molecular complexity index is 1590. The van der Waals surface area contributed by atoms with Gasteiger partial charge in [0.1, 0.15) is 5.82 Å². The van der Waals surface area contributed by atoms with E-state index in [2.05, 4.69) is 36.6 Å². The number of hydrogen-bond acceptors (Lipinski definition) is 10. The molecule has 1 aliphatic carbocycles. The van der Waals surface area contributed by atoms with Crippen LogP contribution in [0.1, 0.15) is 31.2 Å². The van der Waals surface area contributed by atoms with Gasteiger partial charge >= 0.3 is 0 Å². The van der Waals surface area contributed by atoms with E-state index in [4.69, 9.17) is 16.2 Å². The van der Waals surface area contributed by atoms with E-state index in [0.717, 1.165) is 48.4 Å². The second kappa shape index (κ2) is 15.4. The second-order valence-electron chi connectivity index (χ2n) is 11.8. The molecule has 4 aromatic rings. The second-order valence-corrected chi connectivity index (χ2v) is 11.8. The number of tetrazole rings is 1. The summed E-state index contributed by atoms with van der Waals surface area (Å²) >= 11 is 0. The maximum Gasteiger partial charge on any atom is 0.251 e. The standard InChI is InChI=1S/C33H39N9O3.ClH/c34-21-22-4-6-25(7-5-22)32(43)42(28-10-8-24(9-11-28)31-37-39-40-38-31)33(44)29(35)19-23-2-1-3-26(18-23)27-12-13-36-30(20-27)41-14-16-45-17-15-41;/h1-3,8-13,18,20,22,25,29H,4-7,14-17,19,21,34-35H2,(H,37,38,39,40);1H/t22-,25-,29-;/m0./s1. The third-order valence-electron chi connectivity index (χ3n) is 8.81. The third-order valence-corrected chi connectivity index (χ3v) is 8.81. The van der Waals surface area contributed by atoms with Crippen molar-refractivity contribution in [2.75, 3.05) is 42.6 Å². The Labute approximate surface area is 274 Å². The van der Waals surface area contributed by atoms with E-state index in [1.807, 2.05) is 36.5 Å². The van der Waals surface area contributed by atoms with Crippen LogP contribution in [-0.2, 0) is 20.7 Å². The van der Waals surface area contributed by atoms with E-state index in [1.165, 1.54) is 4.90 Å². The number of morpholine rings is 1. The zero-order chi connectivity index (χ0) is 31.2. The van der Waals surface area contributed by atoms with Crippen LogP contribution < -0.4 is 21.3 Å². The lowest BCUT2D eigenvalue weighted by atomic mass is 9.81. The number of hydrogen-bond donors (Lipinski definition) is 3. The molecule has 2 aromatic heterocycles. The third kappa shape index (κ3) is 7.59. The maximum absolute atomic E-state index is 14.0. The maximum atomic E-state index is 14.0. The Kier molecular flexibility index (Phi) is 11.1. The Morgan fingerprint density at radius 3 is 2.41 bits per heavy atom. The van der Waals surface area contributed by atoms with E-state index < -0.39 is 11.9 Å². The predicted molar refractivity (Wildman–Crippen MR) is 178 cm³/mol. The fraction of sp³-hybridized carbons (Fsp3) is 0.394. The van der Waals surface area contributed by atoms with Gasteiger partial charge in [-0.05, 0) is 103 Å². The summed E-state index contributed by atoms with van der Waals surface area (Å²) in [5.74, 6) is 0.821. The Hall–Kier alpha value is -4.23. The van der Waals surface area contributed by atoms with Crippen LogP contribution in [-0.4, -0.2) is 76.3 Å². The van der Waals surface area contributed by atoms with E-state index in [0.29, 0.717) is 55.6 Å². The predicted octanol–water partition coefficient (Wildman–Crippen LogP) is 3.38. The molecule has 5 N–H and O–H groups in total. The minimum Gasteiger partial charge on any atom is -0.378 e. The van der Waals surface area contributed by atoms with E-state index >= 15 is 0 Å². The van der Waals surface area contributed by atoms with Gasteiger partial charge in [-0.25, -0.2) is 9.88 Å². The van der Waals surface area contributed by atoms with Crippen molar-refractivity contribution in [2.24, 2.45) is 23.3 Å². The summed E-state index contributed by atoms with van der Waals surface area (Å²) in [6.07, 6.45) is 5.22. The zero-order valence-corrected chi connectivity index (χ0v) is 26.4. The number of rotatable bonds is 9. The van der Waals surface area contributed by atoms with Crippen LogP contribution >= 0.6 is 12.4 Å². The number of nitrogens with one attached hydrogen (secondary N) is 1. The van der Waals surface area contributed by atoms with Crippen molar-refractivity contribution in [3.63, 3.8) is 0 Å². The van der Waals surface area contributed by atoms with Crippen molar-refractivity contribution in [2.45, 2.75) is 38.1 Å². The topological polar surface area (TPSA) is 169 Å². The minimum atomic E-state index is -0.928. The number of amides is 2. The highest BCUT2D eigenvalue weighted by molar-refractivity contribution is 6.17. The molecular formula is C33H40ClN9O3. The molecule has 1 aliphatic heterocycles. The Balaban J connectivity index is 0.00000417. The van der Waals surface area contributed by atoms with E-state index in [1.54, 1.807) is 24.3 Å². The van der Waals surface area contributed by atoms with Gasteiger partial charge in [0.2, 0.25) is 11.7 Å². The summed E-state index contributed by atoms with van der Waals surface area (Å²) in [5.41, 5.74) is 16.6. The fourth-order valence-electron chi connectivity index (χ4n) is 6.18. The first-order valence-corrected chi connectivity index (χ1v) is 15.6. The van der Waals surface area contributed by atoms with Gasteiger partial charge in [0, 0.05) is 30.8 Å². The van der Waals surface area contributed by atoms with Crippen molar-refractivity contribution in [3.8, 4) is 22.5 Å². The van der Waals surface area contributed by atoms with E-state index in [9.17, 15) is 9.59 Å². The monoisotopic (exact) mass is 645 g/mol. The number of carbonyl (C=O) groups excluding carboxylic acids is 2. The number of aromatic amines is 1. The van der Waals surface area contributed by atoms with Gasteiger partial charge in [-0.15, -0.1) is 22.6 Å². The fourth-order valence-corrected chi connectivity index (χ4v) is 6.18. The molecule has 2 amide bonds. The van der Waals surface area contributed by atoms with Gasteiger partial charge in [-0.2, -0.15) is 5.21 Å². The quantitative estimate of drug-likeness (QED) is 0.245. The molecular weight excluding hydrogens is 606 g/mol. The number of H-pyrrole nitrogens is 1. The van der Waals surface area contributed by atoms with Crippen molar-refractivity contribution >= 4 is 35.7 Å². The smallest absolute Gasteiger partial charge is 0.251 e. The number of ether oxygens (including phenoxy) is 1. The van der Waals surface area contributed by atoms with Crippen molar-refractivity contribution in [1.82, 2.24) is 25.6 Å². The summed E-state index contributed by atoms with van der Waals surface area (Å²) in [6, 6.07) is 18.1. The average molecular weight is 646 g/mol. The highest BCUT2D eigenvalue weighted by atomic mass is 35.5. The molecule has 3 heterocycles. The number of nitrogens with zero attached hydrogens (tertiary/aromatic N) is 6. The number of imide groups is 1. The van der Waals surface area contributed by atoms with Crippen molar-refractivity contribution in [3.05, 3.63) is 72.4 Å².